The highest BCUT2D eigenvalue weighted by Crippen LogP contribution is 2.24. The van der Waals surface area contributed by atoms with E-state index in [-0.39, 0.29) is 37.8 Å². The quantitative estimate of drug-likeness (QED) is 0.231. The maximum atomic E-state index is 14.3. The summed E-state index contributed by atoms with van der Waals surface area (Å²) in [5, 5.41) is 20.9. The highest BCUT2D eigenvalue weighted by Gasteiger charge is 2.45. The second-order valence-corrected chi connectivity index (χ2v) is 12.7. The fourth-order valence-electron chi connectivity index (χ4n) is 5.52. The lowest BCUT2D eigenvalue weighted by Gasteiger charge is -2.31. The van der Waals surface area contributed by atoms with Crippen LogP contribution in [0.15, 0.2) is 30.3 Å². The van der Waals surface area contributed by atoms with Crippen molar-refractivity contribution < 1.29 is 38.6 Å². The lowest BCUT2D eigenvalue weighted by Crippen LogP contribution is -2.58. The molecule has 2 aliphatic heterocycles. The van der Waals surface area contributed by atoms with Crippen molar-refractivity contribution in [3.63, 3.8) is 0 Å². The number of aliphatic hydroxyl groups excluding tert-OH is 1. The molecule has 0 aromatic heterocycles. The average molecular weight is 631 g/mol. The first-order chi connectivity index (χ1) is 21.2. The molecule has 0 aliphatic carbocycles. The number of carbonyl (C=O) groups is 6. The summed E-state index contributed by atoms with van der Waals surface area (Å²) < 4.78 is 5.17. The zero-order chi connectivity index (χ0) is 33.5. The molecular weight excluding hydrogens is 584 g/mol. The van der Waals surface area contributed by atoms with E-state index in [9.17, 15) is 33.9 Å². The van der Waals surface area contributed by atoms with Crippen LogP contribution in [0.4, 0.5) is 0 Å². The lowest BCUT2D eigenvalue weighted by molar-refractivity contribution is -0.143. The van der Waals surface area contributed by atoms with Gasteiger partial charge in [-0.25, -0.2) is 0 Å². The first kappa shape index (κ1) is 35.4. The smallest absolute Gasteiger partial charge is 0.247 e. The summed E-state index contributed by atoms with van der Waals surface area (Å²) in [6.45, 7) is 5.80. The van der Waals surface area contributed by atoms with Crippen LogP contribution in [-0.2, 0) is 39.9 Å². The number of hydrogen-bond donors (Lipinski definition) is 5. The van der Waals surface area contributed by atoms with Gasteiger partial charge in [0.1, 0.15) is 24.2 Å². The van der Waals surface area contributed by atoms with Crippen molar-refractivity contribution >= 4 is 35.4 Å². The van der Waals surface area contributed by atoms with Crippen molar-refractivity contribution in [1.29, 1.82) is 0 Å². The van der Waals surface area contributed by atoms with E-state index in [4.69, 9.17) is 4.74 Å². The monoisotopic (exact) mass is 630 g/mol. The second-order valence-electron chi connectivity index (χ2n) is 12.7. The summed E-state index contributed by atoms with van der Waals surface area (Å²) in [6, 6.07) is 3.70. The van der Waals surface area contributed by atoms with Crippen LogP contribution in [0.5, 0.6) is 0 Å². The molecule has 2 heterocycles. The number of methoxy groups -OCH3 is 1. The molecule has 0 unspecified atom stereocenters. The minimum Gasteiger partial charge on any atom is -0.394 e. The Hall–Kier alpha value is -4.04. The van der Waals surface area contributed by atoms with Crippen molar-refractivity contribution in [2.24, 2.45) is 11.3 Å². The number of nitrogens with zero attached hydrogens (tertiary/aromatic N) is 2. The Morgan fingerprint density at radius 2 is 1.67 bits per heavy atom. The van der Waals surface area contributed by atoms with Gasteiger partial charge in [-0.1, -0.05) is 44.2 Å². The van der Waals surface area contributed by atoms with Gasteiger partial charge in [-0.15, -0.1) is 0 Å². The van der Waals surface area contributed by atoms with Gasteiger partial charge in [-0.3, -0.25) is 28.8 Å². The Kier molecular flexibility index (Phi) is 12.1. The molecule has 0 saturated carbocycles. The van der Waals surface area contributed by atoms with Crippen LogP contribution >= 0.6 is 0 Å². The summed E-state index contributed by atoms with van der Waals surface area (Å²) >= 11 is 0. The van der Waals surface area contributed by atoms with Gasteiger partial charge >= 0.3 is 0 Å². The zero-order valence-electron chi connectivity index (χ0n) is 26.8. The van der Waals surface area contributed by atoms with Crippen molar-refractivity contribution in [2.45, 2.75) is 70.7 Å². The molecule has 14 nitrogen and oxygen atoms in total. The Morgan fingerprint density at radius 3 is 2.27 bits per heavy atom. The van der Waals surface area contributed by atoms with Crippen LogP contribution in [0.1, 0.15) is 39.7 Å². The van der Waals surface area contributed by atoms with E-state index in [1.165, 1.54) is 19.1 Å². The van der Waals surface area contributed by atoms with Gasteiger partial charge in [0.05, 0.1) is 25.2 Å². The molecule has 6 amide bonds. The highest BCUT2D eigenvalue weighted by atomic mass is 16.5. The third-order valence-corrected chi connectivity index (χ3v) is 8.06. The molecule has 0 spiro atoms. The van der Waals surface area contributed by atoms with Crippen molar-refractivity contribution in [3.8, 4) is 0 Å². The minimum absolute atomic E-state index is 0.0230. The van der Waals surface area contributed by atoms with Crippen LogP contribution in [0.25, 0.3) is 0 Å². The summed E-state index contributed by atoms with van der Waals surface area (Å²) in [6.07, 6.45) is 0.114. The van der Waals surface area contributed by atoms with Crippen molar-refractivity contribution in [1.82, 2.24) is 31.1 Å². The topological polar surface area (TPSA) is 186 Å². The molecule has 2 fully saturated rings. The fraction of sp³-hybridized carbons (Fsp3) is 0.613. The standard InChI is InChI=1S/C31H46N6O8/c1-18(2)25-27(41)33-21(12-19-10-8-7-9-11-19)29(43)37-14-20(32-30(44)31(3,4)17-45-6)13-23(37)26(40)34-22(16-38)28(42)36(5)15-24(39)35-25/h7-11,18,20-23,25,38H,12-17H2,1-6H3,(H,32,44)(H,33,41)(H,34,40)(H,35,39)/t20-,21-,22-,23-,25+/m0/s1. The minimum atomic E-state index is -1.40. The number of ether oxygens (including phenoxy) is 1. The van der Waals surface area contributed by atoms with Gasteiger partial charge in [0, 0.05) is 33.2 Å². The molecule has 2 aliphatic rings. The summed E-state index contributed by atoms with van der Waals surface area (Å²) in [5.41, 5.74) is -0.144. The van der Waals surface area contributed by atoms with E-state index in [1.807, 2.05) is 6.07 Å². The predicted molar refractivity (Wildman–Crippen MR) is 163 cm³/mol. The molecule has 3 rings (SSSR count). The Morgan fingerprint density at radius 1 is 1.02 bits per heavy atom. The van der Waals surface area contributed by atoms with Crippen LogP contribution in [0, 0.1) is 11.3 Å². The van der Waals surface area contributed by atoms with Gasteiger partial charge in [0.2, 0.25) is 35.4 Å². The third-order valence-electron chi connectivity index (χ3n) is 8.06. The first-order valence-corrected chi connectivity index (χ1v) is 15.1. The number of amides is 6. The molecule has 14 heteroatoms. The maximum absolute atomic E-state index is 14.3. The molecule has 45 heavy (non-hydrogen) atoms. The molecular formula is C31H46N6O8. The Balaban J connectivity index is 2.05. The van der Waals surface area contributed by atoms with Crippen LogP contribution in [0.2, 0.25) is 0 Å². The van der Waals surface area contributed by atoms with E-state index in [1.54, 1.807) is 52.0 Å². The van der Waals surface area contributed by atoms with Crippen LogP contribution < -0.4 is 21.3 Å². The molecule has 248 valence electrons. The molecule has 5 atom stereocenters. The number of rotatable bonds is 8. The first-order valence-electron chi connectivity index (χ1n) is 15.1. The largest absolute Gasteiger partial charge is 0.394 e. The molecule has 5 N–H and O–H groups in total. The molecule has 1 aromatic carbocycles. The number of fused-ring (bicyclic) bond motifs is 1. The van der Waals surface area contributed by atoms with E-state index < -0.39 is 78.3 Å². The van der Waals surface area contributed by atoms with Gasteiger partial charge in [-0.05, 0) is 31.7 Å². The highest BCUT2D eigenvalue weighted by molar-refractivity contribution is 5.97. The SMILES string of the molecule is COCC(C)(C)C(=O)N[C@H]1C[C@H]2C(=O)N[C@@H](CO)C(=O)N(C)CC(=O)N[C@H](C(C)C)C(=O)N[C@@H](Cc3ccccc3)C(=O)N2C1. The number of likely N-dealkylation sites (N-methyl/N-ethyl adjacent to an activating group) is 1. The molecule has 1 aromatic rings. The van der Waals surface area contributed by atoms with Gasteiger partial charge in [0.15, 0.2) is 0 Å². The number of nitrogens with one attached hydrogen (secondary N) is 4. The summed E-state index contributed by atoms with van der Waals surface area (Å²) in [7, 11) is 2.82. The van der Waals surface area contributed by atoms with Gasteiger partial charge in [-0.2, -0.15) is 0 Å². The maximum Gasteiger partial charge on any atom is 0.247 e. The summed E-state index contributed by atoms with van der Waals surface area (Å²) in [4.78, 5) is 83.0. The lowest BCUT2D eigenvalue weighted by atomic mass is 9.93. The van der Waals surface area contributed by atoms with Crippen molar-refractivity contribution in [2.75, 3.05) is 40.5 Å². The predicted octanol–water partition coefficient (Wildman–Crippen LogP) is -1.44. The number of carbonyl (C=O) groups excluding carboxylic acids is 6. The van der Waals surface area contributed by atoms with E-state index >= 15 is 0 Å². The van der Waals surface area contributed by atoms with E-state index in [2.05, 4.69) is 21.3 Å². The number of aliphatic hydroxyl groups is 1. The number of hydrogen-bond acceptors (Lipinski definition) is 8. The van der Waals surface area contributed by atoms with Crippen LogP contribution in [-0.4, -0.2) is 121 Å². The second kappa shape index (κ2) is 15.3. The normalized spacial score (nSPS) is 25.6. The van der Waals surface area contributed by atoms with Crippen LogP contribution in [0.3, 0.4) is 0 Å². The van der Waals surface area contributed by atoms with E-state index in [0.717, 1.165) is 10.5 Å². The summed E-state index contributed by atoms with van der Waals surface area (Å²) in [5.74, 6) is -3.96. The van der Waals surface area contributed by atoms with E-state index in [0.29, 0.717) is 0 Å². The molecule has 0 bridgehead atoms. The van der Waals surface area contributed by atoms with Gasteiger partial charge in [0.25, 0.3) is 0 Å². The van der Waals surface area contributed by atoms with Crippen molar-refractivity contribution in [3.05, 3.63) is 35.9 Å². The fourth-order valence-corrected chi connectivity index (χ4v) is 5.52. The average Bonchev–Trinajstić information content (AvgIpc) is 3.41. The zero-order valence-corrected chi connectivity index (χ0v) is 26.8. The Bertz CT molecular complexity index is 1260. The Labute approximate surface area is 263 Å². The molecule has 2 saturated heterocycles. The number of benzene rings is 1. The molecule has 0 radical (unpaired) electrons. The third kappa shape index (κ3) is 9.01. The van der Waals surface area contributed by atoms with Gasteiger partial charge < -0.3 is 40.9 Å².